The van der Waals surface area contributed by atoms with E-state index in [9.17, 15) is 0 Å². The van der Waals surface area contributed by atoms with Crippen molar-refractivity contribution in [1.29, 1.82) is 0 Å². The molecule has 0 aliphatic heterocycles. The number of nitrogens with zero attached hydrogens (tertiary/aromatic N) is 2. The van der Waals surface area contributed by atoms with Gasteiger partial charge in [0.05, 0.1) is 10.9 Å². The topological polar surface area (TPSA) is 29.9 Å². The summed E-state index contributed by atoms with van der Waals surface area (Å²) < 4.78 is 8.70. The highest BCUT2D eigenvalue weighted by atomic mass is 16.3. The van der Waals surface area contributed by atoms with Crippen molar-refractivity contribution in [2.45, 2.75) is 26.7 Å². The van der Waals surface area contributed by atoms with Crippen LogP contribution in [-0.4, -0.2) is 4.98 Å². The highest BCUT2D eigenvalue weighted by molar-refractivity contribution is 6.14. The Morgan fingerprint density at radius 3 is 2.50 bits per heavy atom. The predicted octanol–water partition coefficient (Wildman–Crippen LogP) is 7.21. The maximum Gasteiger partial charge on any atom is 0.220 e. The molecule has 0 fully saturated rings. The normalized spacial score (nSPS) is 12.0. The SMILES string of the molecule is Cc1c(-c2c3ccc(C(C)C)cc3cc[n+]2C)ccc2c1oc1c3ccccc3cnc21. The molecule has 6 aromatic rings. The van der Waals surface area contributed by atoms with Crippen molar-refractivity contribution < 1.29 is 8.98 Å². The van der Waals surface area contributed by atoms with Crippen molar-refractivity contribution >= 4 is 43.6 Å². The highest BCUT2D eigenvalue weighted by Crippen LogP contribution is 2.38. The van der Waals surface area contributed by atoms with E-state index < -0.39 is 0 Å². The molecule has 0 spiro atoms. The Morgan fingerprint density at radius 2 is 1.66 bits per heavy atom. The molecule has 0 radical (unpaired) electrons. The fourth-order valence-corrected chi connectivity index (χ4v) is 4.89. The van der Waals surface area contributed by atoms with Crippen LogP contribution in [-0.2, 0) is 7.05 Å². The lowest BCUT2D eigenvalue weighted by Crippen LogP contribution is -2.30. The molecule has 0 aliphatic carbocycles. The summed E-state index contributed by atoms with van der Waals surface area (Å²) in [6, 6.07) is 21.7. The number of hydrogen-bond donors (Lipinski definition) is 0. The number of hydrogen-bond acceptors (Lipinski definition) is 2. The van der Waals surface area contributed by atoms with Gasteiger partial charge in [0.15, 0.2) is 11.8 Å². The summed E-state index contributed by atoms with van der Waals surface area (Å²) in [6.45, 7) is 6.63. The minimum absolute atomic E-state index is 0.507. The molecule has 3 heteroatoms. The maximum absolute atomic E-state index is 6.49. The van der Waals surface area contributed by atoms with Gasteiger partial charge in [-0.15, -0.1) is 0 Å². The average molecular weight is 418 g/mol. The number of rotatable bonds is 2. The van der Waals surface area contributed by atoms with Crippen LogP contribution in [0.5, 0.6) is 0 Å². The summed E-state index contributed by atoms with van der Waals surface area (Å²) in [5, 5.41) is 5.78. The molecule has 0 atom stereocenters. The third-order valence-corrected chi connectivity index (χ3v) is 6.70. The lowest BCUT2D eigenvalue weighted by atomic mass is 9.95. The van der Waals surface area contributed by atoms with Crippen LogP contribution in [0.3, 0.4) is 0 Å². The van der Waals surface area contributed by atoms with Crippen LogP contribution >= 0.6 is 0 Å². The molecule has 6 rings (SSSR count). The van der Waals surface area contributed by atoms with Gasteiger partial charge in [-0.1, -0.05) is 50.2 Å². The van der Waals surface area contributed by atoms with Crippen LogP contribution in [0.1, 0.15) is 30.9 Å². The van der Waals surface area contributed by atoms with E-state index in [1.54, 1.807) is 0 Å². The highest BCUT2D eigenvalue weighted by Gasteiger charge is 2.22. The number of fused-ring (bicyclic) bond motifs is 6. The van der Waals surface area contributed by atoms with Crippen LogP contribution in [0.2, 0.25) is 0 Å². The smallest absolute Gasteiger partial charge is 0.220 e. The molecule has 32 heavy (non-hydrogen) atoms. The van der Waals surface area contributed by atoms with Crippen molar-refractivity contribution in [3.05, 3.63) is 84.2 Å². The molecule has 0 unspecified atom stereocenters. The van der Waals surface area contributed by atoms with E-state index in [1.165, 1.54) is 27.6 Å². The molecule has 0 N–H and O–H groups in total. The van der Waals surface area contributed by atoms with Crippen LogP contribution in [0.25, 0.3) is 54.9 Å². The zero-order chi connectivity index (χ0) is 22.0. The third-order valence-electron chi connectivity index (χ3n) is 6.70. The predicted molar refractivity (Wildman–Crippen MR) is 132 cm³/mol. The molecule has 0 amide bonds. The quantitative estimate of drug-likeness (QED) is 0.279. The monoisotopic (exact) mass is 417 g/mol. The fraction of sp³-hybridized carbons (Fsp3) is 0.172. The Morgan fingerprint density at radius 1 is 0.844 bits per heavy atom. The second-order valence-electron chi connectivity index (χ2n) is 9.02. The summed E-state index contributed by atoms with van der Waals surface area (Å²) in [5.41, 5.74) is 7.60. The zero-order valence-corrected chi connectivity index (χ0v) is 18.8. The molecule has 0 aliphatic rings. The number of benzene rings is 3. The largest absolute Gasteiger partial charge is 0.453 e. The summed E-state index contributed by atoms with van der Waals surface area (Å²) in [4.78, 5) is 4.74. The molecular weight excluding hydrogens is 392 g/mol. The van der Waals surface area contributed by atoms with Crippen LogP contribution < -0.4 is 4.57 Å². The second kappa shape index (κ2) is 6.89. The second-order valence-corrected chi connectivity index (χ2v) is 9.02. The molecular formula is C29H25N2O+. The van der Waals surface area contributed by atoms with Gasteiger partial charge in [0.2, 0.25) is 5.69 Å². The van der Waals surface area contributed by atoms with Crippen LogP contribution in [0.15, 0.2) is 77.5 Å². The first-order chi connectivity index (χ1) is 15.5. The van der Waals surface area contributed by atoms with E-state index in [2.05, 4.69) is 93.2 Å². The molecule has 0 saturated heterocycles. The minimum Gasteiger partial charge on any atom is -0.453 e. The van der Waals surface area contributed by atoms with E-state index in [-0.39, 0.29) is 0 Å². The van der Waals surface area contributed by atoms with Gasteiger partial charge in [0, 0.05) is 34.0 Å². The Labute approximate surface area is 186 Å². The summed E-state index contributed by atoms with van der Waals surface area (Å²) in [5.74, 6) is 0.507. The summed E-state index contributed by atoms with van der Waals surface area (Å²) >= 11 is 0. The molecule has 0 bridgehead atoms. The first kappa shape index (κ1) is 19.0. The summed E-state index contributed by atoms with van der Waals surface area (Å²) in [6.07, 6.45) is 4.09. The number of aromatic nitrogens is 2. The van der Waals surface area contributed by atoms with Crippen LogP contribution in [0, 0.1) is 6.92 Å². The van der Waals surface area contributed by atoms with E-state index in [0.717, 1.165) is 38.4 Å². The van der Waals surface area contributed by atoms with Crippen molar-refractivity contribution in [3.63, 3.8) is 0 Å². The molecule has 3 aromatic carbocycles. The number of pyridine rings is 2. The Kier molecular flexibility index (Phi) is 4.09. The van der Waals surface area contributed by atoms with Crippen molar-refractivity contribution in [2.75, 3.05) is 0 Å². The fourth-order valence-electron chi connectivity index (χ4n) is 4.89. The van der Waals surface area contributed by atoms with Crippen LogP contribution in [0.4, 0.5) is 0 Å². The Balaban J connectivity index is 1.66. The van der Waals surface area contributed by atoms with Gasteiger partial charge in [-0.2, -0.15) is 0 Å². The molecule has 3 aromatic heterocycles. The maximum atomic E-state index is 6.49. The van der Waals surface area contributed by atoms with Gasteiger partial charge < -0.3 is 4.42 Å². The Hall–Kier alpha value is -3.72. The van der Waals surface area contributed by atoms with Crippen molar-refractivity contribution in [2.24, 2.45) is 7.05 Å². The Bertz CT molecular complexity index is 1670. The van der Waals surface area contributed by atoms with Crippen molar-refractivity contribution in [3.8, 4) is 11.3 Å². The number of furan rings is 1. The standard InChI is InChI=1S/C29H25N2O/c1-17(2)19-9-10-23-20(15-19)13-14-31(4)27(23)22-11-12-25-26-29(32-28(25)18(22)3)24-8-6-5-7-21(24)16-30-26/h5-17H,1-4H3/q+1. The van der Waals surface area contributed by atoms with Gasteiger partial charge in [-0.3, -0.25) is 4.98 Å². The average Bonchev–Trinajstić information content (AvgIpc) is 3.20. The lowest BCUT2D eigenvalue weighted by molar-refractivity contribution is -0.659. The van der Waals surface area contributed by atoms with Gasteiger partial charge in [0.1, 0.15) is 18.1 Å². The van der Waals surface area contributed by atoms with Gasteiger partial charge >= 0.3 is 0 Å². The van der Waals surface area contributed by atoms with E-state index >= 15 is 0 Å². The third kappa shape index (κ3) is 2.67. The first-order valence-electron chi connectivity index (χ1n) is 11.1. The van der Waals surface area contributed by atoms with E-state index in [0.29, 0.717) is 5.92 Å². The van der Waals surface area contributed by atoms with Gasteiger partial charge in [-0.05, 0) is 42.0 Å². The number of aryl methyl sites for hydroxylation is 2. The van der Waals surface area contributed by atoms with Crippen molar-refractivity contribution in [1.82, 2.24) is 4.98 Å². The zero-order valence-electron chi connectivity index (χ0n) is 18.8. The summed E-state index contributed by atoms with van der Waals surface area (Å²) in [7, 11) is 2.11. The van der Waals surface area contributed by atoms with E-state index in [4.69, 9.17) is 9.40 Å². The van der Waals surface area contributed by atoms with Gasteiger partial charge in [-0.25, -0.2) is 4.57 Å². The minimum atomic E-state index is 0.507. The van der Waals surface area contributed by atoms with E-state index in [1.807, 2.05) is 12.3 Å². The molecule has 156 valence electrons. The first-order valence-corrected chi connectivity index (χ1v) is 11.1. The molecule has 3 nitrogen and oxygen atoms in total. The van der Waals surface area contributed by atoms with Gasteiger partial charge in [0.25, 0.3) is 0 Å². The molecule has 0 saturated carbocycles. The molecule has 3 heterocycles. The lowest BCUT2D eigenvalue weighted by Gasteiger charge is -2.11.